The van der Waals surface area contributed by atoms with E-state index in [1.165, 1.54) is 28.4 Å². The van der Waals surface area contributed by atoms with Gasteiger partial charge in [0.15, 0.2) is 10.8 Å². The van der Waals surface area contributed by atoms with Crippen LogP contribution in [0.5, 0.6) is 0 Å². The zero-order chi connectivity index (χ0) is 19.0. The number of aromatic amines is 1. The van der Waals surface area contributed by atoms with Crippen LogP contribution in [0, 0.1) is 12.7 Å². The van der Waals surface area contributed by atoms with Crippen molar-refractivity contribution in [3.8, 4) is 11.1 Å². The van der Waals surface area contributed by atoms with Crippen LogP contribution >= 0.6 is 11.8 Å². The summed E-state index contributed by atoms with van der Waals surface area (Å²) in [6.07, 6.45) is 0. The minimum absolute atomic E-state index is 0.120. The number of nitrogens with one attached hydrogen (secondary N) is 1. The summed E-state index contributed by atoms with van der Waals surface area (Å²) < 4.78 is 14.5. The number of aromatic nitrogens is 4. The van der Waals surface area contributed by atoms with Crippen molar-refractivity contribution >= 4 is 17.4 Å². The Bertz CT molecular complexity index is 1150. The molecule has 0 amide bonds. The van der Waals surface area contributed by atoms with Crippen LogP contribution in [0.2, 0.25) is 0 Å². The molecule has 2 aromatic heterocycles. The number of rotatable bonds is 4. The van der Waals surface area contributed by atoms with Crippen molar-refractivity contribution in [2.75, 3.05) is 0 Å². The Morgan fingerprint density at radius 2 is 1.81 bits per heavy atom. The van der Waals surface area contributed by atoms with Crippen molar-refractivity contribution in [3.63, 3.8) is 0 Å². The van der Waals surface area contributed by atoms with Gasteiger partial charge in [0.2, 0.25) is 0 Å². The van der Waals surface area contributed by atoms with Gasteiger partial charge in [0.05, 0.1) is 5.69 Å². The molecule has 0 bridgehead atoms. The van der Waals surface area contributed by atoms with E-state index in [2.05, 4.69) is 22.0 Å². The molecule has 7 heteroatoms. The molecule has 0 fully saturated rings. The number of halogens is 1. The van der Waals surface area contributed by atoms with Gasteiger partial charge in [0, 0.05) is 10.8 Å². The van der Waals surface area contributed by atoms with Crippen LogP contribution < -0.4 is 5.69 Å². The normalized spacial score (nSPS) is 12.4. The van der Waals surface area contributed by atoms with Crippen molar-refractivity contribution < 1.29 is 4.39 Å². The maximum Gasteiger partial charge on any atom is 0.350 e. The first-order chi connectivity index (χ1) is 13.0. The van der Waals surface area contributed by atoms with Gasteiger partial charge in [-0.3, -0.25) is 4.98 Å². The third-order valence-electron chi connectivity index (χ3n) is 4.34. The summed E-state index contributed by atoms with van der Waals surface area (Å²) in [4.78, 5) is 19.9. The summed E-state index contributed by atoms with van der Waals surface area (Å²) in [7, 11) is 0. The highest BCUT2D eigenvalue weighted by Crippen LogP contribution is 2.33. The van der Waals surface area contributed by atoms with Gasteiger partial charge >= 0.3 is 5.69 Å². The number of thioether (sulfide) groups is 1. The quantitative estimate of drug-likeness (QED) is 0.534. The van der Waals surface area contributed by atoms with E-state index in [0.717, 1.165) is 16.7 Å². The molecular weight excluding hydrogens is 363 g/mol. The summed E-state index contributed by atoms with van der Waals surface area (Å²) in [6, 6.07) is 16.1. The number of fused-ring (bicyclic) bond motifs is 1. The van der Waals surface area contributed by atoms with Crippen LogP contribution in [0.1, 0.15) is 23.4 Å². The molecule has 1 atom stereocenters. The molecule has 4 aromatic rings. The van der Waals surface area contributed by atoms with Crippen molar-refractivity contribution in [1.82, 2.24) is 19.6 Å². The molecule has 4 rings (SSSR count). The van der Waals surface area contributed by atoms with Crippen LogP contribution in [0.4, 0.5) is 4.39 Å². The van der Waals surface area contributed by atoms with E-state index in [0.29, 0.717) is 16.5 Å². The third kappa shape index (κ3) is 3.38. The van der Waals surface area contributed by atoms with Crippen LogP contribution in [-0.2, 0) is 0 Å². The average molecular weight is 380 g/mol. The molecule has 0 saturated carbocycles. The summed E-state index contributed by atoms with van der Waals surface area (Å²) in [5, 5.41) is 4.94. The maximum atomic E-state index is 13.3. The second-order valence-electron chi connectivity index (χ2n) is 6.22. The molecule has 5 nitrogen and oxygen atoms in total. The standard InChI is InChI=1S/C20H17FN4OS/c1-12-17(15-8-10-16(21)11-9-15)18-22-19(23-20(26)25(18)24-12)27-13(2)14-6-4-3-5-7-14/h3-11,13H,1-2H3,(H,22,23,26). The molecule has 27 heavy (non-hydrogen) atoms. The molecule has 0 aliphatic rings. The highest BCUT2D eigenvalue weighted by molar-refractivity contribution is 7.99. The molecule has 0 saturated heterocycles. The Balaban J connectivity index is 1.79. The van der Waals surface area contributed by atoms with Gasteiger partial charge < -0.3 is 0 Å². The van der Waals surface area contributed by atoms with Gasteiger partial charge in [0.25, 0.3) is 0 Å². The molecule has 0 aliphatic carbocycles. The molecule has 2 aromatic carbocycles. The first kappa shape index (κ1) is 17.5. The second-order valence-corrected chi connectivity index (χ2v) is 7.55. The van der Waals surface area contributed by atoms with E-state index in [4.69, 9.17) is 0 Å². The average Bonchev–Trinajstić information content (AvgIpc) is 3.00. The summed E-state index contributed by atoms with van der Waals surface area (Å²) in [6.45, 7) is 3.87. The van der Waals surface area contributed by atoms with E-state index in [1.54, 1.807) is 12.1 Å². The second kappa shape index (κ2) is 7.00. The number of hydrogen-bond donors (Lipinski definition) is 1. The monoisotopic (exact) mass is 380 g/mol. The summed E-state index contributed by atoms with van der Waals surface area (Å²) in [5.74, 6) is -0.313. The van der Waals surface area contributed by atoms with E-state index in [-0.39, 0.29) is 16.8 Å². The van der Waals surface area contributed by atoms with Gasteiger partial charge in [-0.25, -0.2) is 14.2 Å². The lowest BCUT2D eigenvalue weighted by Gasteiger charge is -2.10. The van der Waals surface area contributed by atoms with Crippen molar-refractivity contribution in [2.45, 2.75) is 24.3 Å². The maximum absolute atomic E-state index is 13.3. The summed E-state index contributed by atoms with van der Waals surface area (Å²) >= 11 is 1.47. The Kier molecular flexibility index (Phi) is 4.53. The molecule has 136 valence electrons. The van der Waals surface area contributed by atoms with E-state index in [9.17, 15) is 9.18 Å². The molecule has 1 unspecified atom stereocenters. The fourth-order valence-corrected chi connectivity index (χ4v) is 3.91. The highest BCUT2D eigenvalue weighted by Gasteiger charge is 2.17. The fraction of sp³-hybridized carbons (Fsp3) is 0.150. The Hall–Kier alpha value is -2.93. The molecule has 0 aliphatic heterocycles. The minimum Gasteiger partial charge on any atom is -0.285 e. The number of H-pyrrole nitrogens is 1. The van der Waals surface area contributed by atoms with Gasteiger partial charge in [-0.2, -0.15) is 9.61 Å². The van der Waals surface area contributed by atoms with Crippen molar-refractivity contribution in [2.24, 2.45) is 0 Å². The SMILES string of the molecule is Cc1nn2c(=O)[nH]c(SC(C)c3ccccc3)nc2c1-c1ccc(F)cc1. The van der Waals surface area contributed by atoms with Crippen LogP contribution in [0.15, 0.2) is 64.5 Å². The van der Waals surface area contributed by atoms with E-state index >= 15 is 0 Å². The lowest BCUT2D eigenvalue weighted by molar-refractivity contribution is 0.628. The highest BCUT2D eigenvalue weighted by atomic mass is 32.2. The largest absolute Gasteiger partial charge is 0.350 e. The van der Waals surface area contributed by atoms with Gasteiger partial charge in [-0.05, 0) is 37.1 Å². The number of benzene rings is 2. The van der Waals surface area contributed by atoms with Crippen LogP contribution in [-0.4, -0.2) is 19.6 Å². The van der Waals surface area contributed by atoms with E-state index in [1.807, 2.05) is 37.3 Å². The predicted octanol–water partition coefficient (Wildman–Crippen LogP) is 4.39. The van der Waals surface area contributed by atoms with Gasteiger partial charge in [0.1, 0.15) is 5.82 Å². The van der Waals surface area contributed by atoms with Crippen LogP contribution in [0.25, 0.3) is 16.8 Å². The van der Waals surface area contributed by atoms with Crippen LogP contribution in [0.3, 0.4) is 0 Å². The molecular formula is C20H17FN4OS. The first-order valence-electron chi connectivity index (χ1n) is 8.50. The third-order valence-corrected chi connectivity index (χ3v) is 5.38. The Morgan fingerprint density at radius 3 is 2.52 bits per heavy atom. The fourth-order valence-electron chi connectivity index (χ4n) is 3.00. The number of aryl methyl sites for hydroxylation is 1. The Labute approximate surface area is 159 Å². The van der Waals surface area contributed by atoms with Crippen molar-refractivity contribution in [3.05, 3.63) is 82.2 Å². The topological polar surface area (TPSA) is 63.1 Å². The number of nitrogens with zero attached hydrogens (tertiary/aromatic N) is 3. The lowest BCUT2D eigenvalue weighted by Crippen LogP contribution is -2.19. The zero-order valence-corrected chi connectivity index (χ0v) is 15.6. The predicted molar refractivity (Wildman–Crippen MR) is 104 cm³/mol. The minimum atomic E-state index is -0.348. The van der Waals surface area contributed by atoms with Gasteiger partial charge in [-0.15, -0.1) is 0 Å². The smallest absolute Gasteiger partial charge is 0.285 e. The number of hydrogen-bond acceptors (Lipinski definition) is 4. The zero-order valence-electron chi connectivity index (χ0n) is 14.8. The van der Waals surface area contributed by atoms with Gasteiger partial charge in [-0.1, -0.05) is 54.2 Å². The summed E-state index contributed by atoms with van der Waals surface area (Å²) in [5.41, 5.74) is 3.43. The Morgan fingerprint density at radius 1 is 1.11 bits per heavy atom. The lowest BCUT2D eigenvalue weighted by atomic mass is 10.1. The molecule has 0 radical (unpaired) electrons. The van der Waals surface area contributed by atoms with E-state index < -0.39 is 0 Å². The first-order valence-corrected chi connectivity index (χ1v) is 9.38. The molecule has 2 heterocycles. The van der Waals surface area contributed by atoms with Crippen molar-refractivity contribution in [1.29, 1.82) is 0 Å². The molecule has 0 spiro atoms. The molecule has 1 N–H and O–H groups in total.